The van der Waals surface area contributed by atoms with Crippen molar-refractivity contribution in [3.05, 3.63) is 121 Å². The number of halogens is 4. The fraction of sp³-hybridized carbons (Fsp3) is 0.135. The molecule has 0 saturated heterocycles. The number of imidazole rings is 2. The zero-order valence-corrected chi connectivity index (χ0v) is 29.1. The highest BCUT2D eigenvalue weighted by Gasteiger charge is 2.14. The number of anilines is 4. The van der Waals surface area contributed by atoms with Gasteiger partial charge in [0.1, 0.15) is 23.1 Å². The van der Waals surface area contributed by atoms with Crippen LogP contribution < -0.4 is 20.1 Å². The zero-order chi connectivity index (χ0) is 38.3. The normalized spacial score (nSPS) is 11.1. The maximum absolute atomic E-state index is 12.2. The van der Waals surface area contributed by atoms with Crippen molar-refractivity contribution < 1.29 is 27.0 Å². The molecule has 0 atom stereocenters. The Balaban J connectivity index is 0.000000169. The van der Waals surface area contributed by atoms with Gasteiger partial charge in [0.2, 0.25) is 11.9 Å². The predicted octanol–water partition coefficient (Wildman–Crippen LogP) is 7.98. The van der Waals surface area contributed by atoms with Gasteiger partial charge < -0.3 is 20.1 Å². The average molecular weight is 751 g/mol. The standard InChI is InChI=1S/C19H16F2N6O.C18H14F2N6O/c1-2-16-24-14-5-3-4-6-15(14)27(16)17-11-22-26-19(25-17)23-12-7-9-13(10-8-12)28-18(20)21;1-11-22-14-4-2-3-5-15(14)26(11)16-10-21-25-18(24-16)23-12-6-8-13(9-7-12)27-17(19)20/h3-11,18H,2H2,1H3,(H,23,25,26);2-10,17H,1H3,(H,23,24,25). The van der Waals surface area contributed by atoms with Crippen molar-refractivity contribution in [3.8, 4) is 23.1 Å². The number of alkyl halides is 4. The largest absolute Gasteiger partial charge is 0.435 e. The van der Waals surface area contributed by atoms with E-state index in [-0.39, 0.29) is 23.4 Å². The third kappa shape index (κ3) is 8.54. The molecule has 0 bridgehead atoms. The number of aryl methyl sites for hydroxylation is 2. The van der Waals surface area contributed by atoms with Crippen LogP contribution in [0.2, 0.25) is 0 Å². The number of hydrogen-bond donors (Lipinski definition) is 2. The Bertz CT molecular complexity index is 2530. The topological polar surface area (TPSA) is 156 Å². The molecule has 2 N–H and O–H groups in total. The number of ether oxygens (including phenoxy) is 2. The Morgan fingerprint density at radius 1 is 0.582 bits per heavy atom. The van der Waals surface area contributed by atoms with Crippen molar-refractivity contribution in [2.75, 3.05) is 10.6 Å². The second kappa shape index (κ2) is 16.2. The van der Waals surface area contributed by atoms with Crippen LogP contribution >= 0.6 is 0 Å². The minimum absolute atomic E-state index is 0.0730. The monoisotopic (exact) mass is 750 g/mol. The Kier molecular flexibility index (Phi) is 10.6. The van der Waals surface area contributed by atoms with Crippen LogP contribution in [0.4, 0.5) is 40.8 Å². The number of fused-ring (bicyclic) bond motifs is 2. The maximum Gasteiger partial charge on any atom is 0.387 e. The van der Waals surface area contributed by atoms with Crippen molar-refractivity contribution in [2.24, 2.45) is 0 Å². The minimum atomic E-state index is -2.86. The molecule has 0 unspecified atom stereocenters. The Labute approximate surface area is 309 Å². The van der Waals surface area contributed by atoms with Gasteiger partial charge in [0, 0.05) is 17.8 Å². The number of aromatic nitrogens is 10. The van der Waals surface area contributed by atoms with Crippen LogP contribution in [0.1, 0.15) is 18.6 Å². The lowest BCUT2D eigenvalue weighted by molar-refractivity contribution is -0.0505. The van der Waals surface area contributed by atoms with Crippen molar-refractivity contribution in [3.63, 3.8) is 0 Å². The molecule has 0 aliphatic heterocycles. The van der Waals surface area contributed by atoms with Gasteiger partial charge in [-0.05, 0) is 79.7 Å². The van der Waals surface area contributed by atoms with Gasteiger partial charge in [-0.1, -0.05) is 31.2 Å². The van der Waals surface area contributed by atoms with E-state index in [1.54, 1.807) is 36.7 Å². The predicted molar refractivity (Wildman–Crippen MR) is 196 cm³/mol. The van der Waals surface area contributed by atoms with E-state index in [9.17, 15) is 17.6 Å². The van der Waals surface area contributed by atoms with Gasteiger partial charge in [0.05, 0.1) is 34.5 Å². The molecular formula is C37H30F4N12O2. The second-order valence-corrected chi connectivity index (χ2v) is 11.5. The molecule has 4 aromatic heterocycles. The molecule has 0 aliphatic rings. The van der Waals surface area contributed by atoms with Crippen LogP contribution in [0, 0.1) is 6.92 Å². The Morgan fingerprint density at radius 3 is 1.53 bits per heavy atom. The summed E-state index contributed by atoms with van der Waals surface area (Å²) >= 11 is 0. The molecule has 278 valence electrons. The van der Waals surface area contributed by atoms with E-state index in [0.717, 1.165) is 40.1 Å². The van der Waals surface area contributed by atoms with Gasteiger partial charge >= 0.3 is 13.2 Å². The SMILES string of the molecule is CCc1nc2ccccc2n1-c1cnnc(Nc2ccc(OC(F)F)cc2)n1.Cc1nc2ccccc2n1-c1cnnc(Nc2ccc(OC(F)F)cc2)n1. The summed E-state index contributed by atoms with van der Waals surface area (Å²) in [5.74, 6) is 3.48. The average Bonchev–Trinajstić information content (AvgIpc) is 3.73. The molecular weight excluding hydrogens is 720 g/mol. The summed E-state index contributed by atoms with van der Waals surface area (Å²) in [6.45, 7) is -1.81. The highest BCUT2D eigenvalue weighted by Crippen LogP contribution is 2.24. The van der Waals surface area contributed by atoms with Crippen LogP contribution in [-0.2, 0) is 6.42 Å². The first-order valence-electron chi connectivity index (χ1n) is 16.7. The van der Waals surface area contributed by atoms with Crippen molar-refractivity contribution >= 4 is 45.3 Å². The van der Waals surface area contributed by atoms with E-state index in [0.29, 0.717) is 23.0 Å². The molecule has 4 aromatic carbocycles. The maximum atomic E-state index is 12.2. The third-order valence-electron chi connectivity index (χ3n) is 7.90. The number of rotatable bonds is 11. The smallest absolute Gasteiger partial charge is 0.387 e. The van der Waals surface area contributed by atoms with Gasteiger partial charge in [-0.15, -0.1) is 10.2 Å². The summed E-state index contributed by atoms with van der Waals surface area (Å²) in [7, 11) is 0. The van der Waals surface area contributed by atoms with Gasteiger partial charge in [0.25, 0.3) is 0 Å². The summed E-state index contributed by atoms with van der Waals surface area (Å²) in [5, 5.41) is 22.0. The Morgan fingerprint density at radius 2 is 1.04 bits per heavy atom. The van der Waals surface area contributed by atoms with E-state index in [4.69, 9.17) is 0 Å². The number of benzene rings is 4. The van der Waals surface area contributed by atoms with Crippen molar-refractivity contribution in [1.29, 1.82) is 0 Å². The Hall–Kier alpha value is -7.24. The first-order valence-corrected chi connectivity index (χ1v) is 16.7. The van der Waals surface area contributed by atoms with E-state index in [1.807, 2.05) is 71.5 Å². The lowest BCUT2D eigenvalue weighted by Gasteiger charge is -2.09. The second-order valence-electron chi connectivity index (χ2n) is 11.5. The molecule has 8 rings (SSSR count). The molecule has 0 amide bonds. The zero-order valence-electron chi connectivity index (χ0n) is 29.1. The van der Waals surface area contributed by atoms with E-state index < -0.39 is 13.2 Å². The lowest BCUT2D eigenvalue weighted by Crippen LogP contribution is -2.07. The molecule has 55 heavy (non-hydrogen) atoms. The van der Waals surface area contributed by atoms with Crippen molar-refractivity contribution in [1.82, 2.24) is 49.5 Å². The first kappa shape index (κ1) is 36.1. The van der Waals surface area contributed by atoms with E-state index in [2.05, 4.69) is 60.4 Å². The number of para-hydroxylation sites is 4. The fourth-order valence-electron chi connectivity index (χ4n) is 5.61. The highest BCUT2D eigenvalue weighted by molar-refractivity contribution is 5.78. The van der Waals surface area contributed by atoms with Crippen molar-refractivity contribution in [2.45, 2.75) is 33.5 Å². The molecule has 4 heterocycles. The number of hydrogen-bond acceptors (Lipinski definition) is 12. The molecule has 18 heteroatoms. The van der Waals surface area contributed by atoms with Crippen LogP contribution in [0.25, 0.3) is 33.7 Å². The minimum Gasteiger partial charge on any atom is -0.435 e. The first-order chi connectivity index (χ1) is 26.7. The van der Waals surface area contributed by atoms with Gasteiger partial charge in [-0.25, -0.2) is 9.97 Å². The number of nitrogens with zero attached hydrogens (tertiary/aromatic N) is 10. The van der Waals surface area contributed by atoms with E-state index in [1.165, 1.54) is 24.3 Å². The molecule has 8 aromatic rings. The lowest BCUT2D eigenvalue weighted by atomic mass is 10.3. The number of nitrogens with one attached hydrogen (secondary N) is 2. The van der Waals surface area contributed by atoms with Crippen LogP contribution in [0.5, 0.6) is 11.5 Å². The molecule has 14 nitrogen and oxygen atoms in total. The van der Waals surface area contributed by atoms with E-state index >= 15 is 0 Å². The molecule has 0 aliphatic carbocycles. The molecule has 0 fully saturated rings. The molecule has 0 spiro atoms. The summed E-state index contributed by atoms with van der Waals surface area (Å²) in [6.07, 6.45) is 3.84. The highest BCUT2D eigenvalue weighted by atomic mass is 19.3. The fourth-order valence-corrected chi connectivity index (χ4v) is 5.61. The van der Waals surface area contributed by atoms with Crippen LogP contribution in [-0.4, -0.2) is 62.7 Å². The van der Waals surface area contributed by atoms with Crippen LogP contribution in [0.15, 0.2) is 109 Å². The summed E-state index contributed by atoms with van der Waals surface area (Å²) in [6, 6.07) is 27.6. The quantitative estimate of drug-likeness (QED) is 0.123. The third-order valence-corrected chi connectivity index (χ3v) is 7.90. The summed E-state index contributed by atoms with van der Waals surface area (Å²) in [4.78, 5) is 18.2. The molecule has 0 radical (unpaired) electrons. The van der Waals surface area contributed by atoms with Gasteiger partial charge in [-0.3, -0.25) is 9.13 Å². The van der Waals surface area contributed by atoms with Gasteiger partial charge in [-0.2, -0.15) is 37.7 Å². The van der Waals surface area contributed by atoms with Gasteiger partial charge in [0.15, 0.2) is 11.6 Å². The summed E-state index contributed by atoms with van der Waals surface area (Å²) in [5.41, 5.74) is 4.81. The summed E-state index contributed by atoms with van der Waals surface area (Å²) < 4.78 is 61.4. The van der Waals surface area contributed by atoms with Crippen LogP contribution in [0.3, 0.4) is 0 Å². The molecule has 0 saturated carbocycles.